The van der Waals surface area contributed by atoms with Crippen molar-refractivity contribution in [1.82, 2.24) is 0 Å². The van der Waals surface area contributed by atoms with E-state index in [1.165, 1.54) is 19.3 Å². The molecule has 1 aliphatic rings. The molecule has 1 N–H and O–H groups in total. The fourth-order valence-electron chi connectivity index (χ4n) is 3.42. The summed E-state index contributed by atoms with van der Waals surface area (Å²) in [6.45, 7) is 7.10. The Morgan fingerprint density at radius 3 is 2.68 bits per heavy atom. The van der Waals surface area contributed by atoms with Crippen molar-refractivity contribution in [3.8, 4) is 5.75 Å². The molecule has 1 aromatic carbocycles. The average Bonchev–Trinajstić information content (AvgIpc) is 2.29. The standard InChI is InChI=1S/C16H24BrNO/c1-11-7-12(10-16(2,3)9-11)18-15-8-13(19-4)5-6-14(15)17/h5-6,8,11-12,18H,7,9-10H2,1-4H3. The minimum absolute atomic E-state index is 0.431. The number of hydrogen-bond acceptors (Lipinski definition) is 2. The highest BCUT2D eigenvalue weighted by molar-refractivity contribution is 9.10. The monoisotopic (exact) mass is 325 g/mol. The van der Waals surface area contributed by atoms with Crippen LogP contribution in [0.3, 0.4) is 0 Å². The van der Waals surface area contributed by atoms with E-state index in [0.717, 1.165) is 21.8 Å². The molecule has 1 saturated carbocycles. The van der Waals surface area contributed by atoms with Crippen LogP contribution >= 0.6 is 15.9 Å². The molecule has 106 valence electrons. The van der Waals surface area contributed by atoms with Crippen molar-refractivity contribution in [3.63, 3.8) is 0 Å². The number of methoxy groups -OCH3 is 1. The van der Waals surface area contributed by atoms with Gasteiger partial charge < -0.3 is 10.1 Å². The van der Waals surface area contributed by atoms with Crippen LogP contribution in [0.25, 0.3) is 0 Å². The number of nitrogens with one attached hydrogen (secondary N) is 1. The van der Waals surface area contributed by atoms with Crippen molar-refractivity contribution >= 4 is 21.6 Å². The van der Waals surface area contributed by atoms with Gasteiger partial charge in [0.1, 0.15) is 5.75 Å². The summed E-state index contributed by atoms with van der Waals surface area (Å²) >= 11 is 3.61. The van der Waals surface area contributed by atoms with Gasteiger partial charge in [-0.15, -0.1) is 0 Å². The van der Waals surface area contributed by atoms with Crippen molar-refractivity contribution in [1.29, 1.82) is 0 Å². The third-order valence-electron chi connectivity index (χ3n) is 3.92. The first-order valence-corrected chi connectivity index (χ1v) is 7.79. The lowest BCUT2D eigenvalue weighted by Crippen LogP contribution is -2.35. The predicted octanol–water partition coefficient (Wildman–Crippen LogP) is 5.08. The maximum Gasteiger partial charge on any atom is 0.121 e. The quantitative estimate of drug-likeness (QED) is 0.836. The van der Waals surface area contributed by atoms with Gasteiger partial charge >= 0.3 is 0 Å². The van der Waals surface area contributed by atoms with Crippen molar-refractivity contribution in [2.24, 2.45) is 11.3 Å². The Kier molecular flexibility index (Phi) is 4.44. The first kappa shape index (κ1) is 14.7. The first-order valence-electron chi connectivity index (χ1n) is 7.00. The molecular formula is C16H24BrNO. The topological polar surface area (TPSA) is 21.3 Å². The molecular weight excluding hydrogens is 302 g/mol. The number of hydrogen-bond donors (Lipinski definition) is 1. The molecule has 0 heterocycles. The zero-order chi connectivity index (χ0) is 14.0. The van der Waals surface area contributed by atoms with E-state index < -0.39 is 0 Å². The molecule has 0 bridgehead atoms. The Balaban J connectivity index is 2.12. The molecule has 1 fully saturated rings. The molecule has 0 aliphatic heterocycles. The van der Waals surface area contributed by atoms with E-state index >= 15 is 0 Å². The molecule has 19 heavy (non-hydrogen) atoms. The number of anilines is 1. The Morgan fingerprint density at radius 2 is 2.05 bits per heavy atom. The van der Waals surface area contributed by atoms with Gasteiger partial charge in [-0.1, -0.05) is 20.8 Å². The van der Waals surface area contributed by atoms with Crippen LogP contribution in [0.2, 0.25) is 0 Å². The van der Waals surface area contributed by atoms with Gasteiger partial charge in [-0.2, -0.15) is 0 Å². The van der Waals surface area contributed by atoms with Gasteiger partial charge in [0.15, 0.2) is 0 Å². The van der Waals surface area contributed by atoms with E-state index in [1.807, 2.05) is 12.1 Å². The highest BCUT2D eigenvalue weighted by Crippen LogP contribution is 2.40. The smallest absolute Gasteiger partial charge is 0.121 e. The lowest BCUT2D eigenvalue weighted by atomic mass is 9.70. The van der Waals surface area contributed by atoms with Crippen LogP contribution in [0.1, 0.15) is 40.0 Å². The van der Waals surface area contributed by atoms with E-state index in [1.54, 1.807) is 7.11 Å². The predicted molar refractivity (Wildman–Crippen MR) is 84.9 cm³/mol. The minimum Gasteiger partial charge on any atom is -0.497 e. The van der Waals surface area contributed by atoms with Gasteiger partial charge in [0, 0.05) is 16.6 Å². The van der Waals surface area contributed by atoms with Crippen LogP contribution in [0.15, 0.2) is 22.7 Å². The van der Waals surface area contributed by atoms with Crippen molar-refractivity contribution < 1.29 is 4.74 Å². The van der Waals surface area contributed by atoms with Crippen LogP contribution in [-0.4, -0.2) is 13.2 Å². The number of rotatable bonds is 3. The zero-order valence-electron chi connectivity index (χ0n) is 12.3. The summed E-state index contributed by atoms with van der Waals surface area (Å²) in [4.78, 5) is 0. The summed E-state index contributed by atoms with van der Waals surface area (Å²) in [6.07, 6.45) is 3.79. The Labute approximate surface area is 125 Å². The second-order valence-corrected chi connectivity index (χ2v) is 7.45. The number of ether oxygens (including phenoxy) is 1. The van der Waals surface area contributed by atoms with E-state index in [0.29, 0.717) is 11.5 Å². The second kappa shape index (κ2) is 5.74. The lowest BCUT2D eigenvalue weighted by Gasteiger charge is -2.39. The van der Waals surface area contributed by atoms with Crippen molar-refractivity contribution in [2.75, 3.05) is 12.4 Å². The van der Waals surface area contributed by atoms with Crippen LogP contribution < -0.4 is 10.1 Å². The molecule has 2 atom stereocenters. The van der Waals surface area contributed by atoms with E-state index in [2.05, 4.69) is 48.1 Å². The molecule has 0 aromatic heterocycles. The van der Waals surface area contributed by atoms with Crippen LogP contribution in [-0.2, 0) is 0 Å². The molecule has 0 spiro atoms. The van der Waals surface area contributed by atoms with Crippen molar-refractivity contribution in [2.45, 2.75) is 46.1 Å². The number of halogens is 1. The molecule has 2 nitrogen and oxygen atoms in total. The van der Waals surface area contributed by atoms with E-state index in [4.69, 9.17) is 4.74 Å². The van der Waals surface area contributed by atoms with Gasteiger partial charge in [0.2, 0.25) is 0 Å². The summed E-state index contributed by atoms with van der Waals surface area (Å²) in [5, 5.41) is 3.68. The largest absolute Gasteiger partial charge is 0.497 e. The average molecular weight is 326 g/mol. The third kappa shape index (κ3) is 3.88. The fourth-order valence-corrected chi connectivity index (χ4v) is 3.78. The molecule has 0 amide bonds. The minimum atomic E-state index is 0.431. The SMILES string of the molecule is COc1ccc(Br)c(NC2CC(C)CC(C)(C)C2)c1. The van der Waals surface area contributed by atoms with Gasteiger partial charge in [0.25, 0.3) is 0 Å². The van der Waals surface area contributed by atoms with Crippen LogP contribution in [0.4, 0.5) is 5.69 Å². The van der Waals surface area contributed by atoms with E-state index in [9.17, 15) is 0 Å². The Bertz CT molecular complexity index is 444. The third-order valence-corrected chi connectivity index (χ3v) is 4.61. The summed E-state index contributed by atoms with van der Waals surface area (Å²) in [7, 11) is 1.71. The second-order valence-electron chi connectivity index (χ2n) is 6.60. The summed E-state index contributed by atoms with van der Waals surface area (Å²) in [6, 6.07) is 6.62. The van der Waals surface area contributed by atoms with Crippen LogP contribution in [0, 0.1) is 11.3 Å². The zero-order valence-corrected chi connectivity index (χ0v) is 13.9. The summed E-state index contributed by atoms with van der Waals surface area (Å²) in [5.41, 5.74) is 1.56. The highest BCUT2D eigenvalue weighted by Gasteiger charge is 2.32. The Hall–Kier alpha value is -0.700. The molecule has 0 saturated heterocycles. The lowest BCUT2D eigenvalue weighted by molar-refractivity contribution is 0.178. The van der Waals surface area contributed by atoms with E-state index in [-0.39, 0.29) is 0 Å². The molecule has 1 aromatic rings. The molecule has 2 unspecified atom stereocenters. The van der Waals surface area contributed by atoms with Crippen LogP contribution in [0.5, 0.6) is 5.75 Å². The molecule has 2 rings (SSSR count). The van der Waals surface area contributed by atoms with Gasteiger partial charge in [0.05, 0.1) is 12.8 Å². The summed E-state index contributed by atoms with van der Waals surface area (Å²) in [5.74, 6) is 1.68. The van der Waals surface area contributed by atoms with Crippen molar-refractivity contribution in [3.05, 3.63) is 22.7 Å². The first-order chi connectivity index (χ1) is 8.89. The Morgan fingerprint density at radius 1 is 1.32 bits per heavy atom. The molecule has 0 radical (unpaired) electrons. The molecule has 1 aliphatic carbocycles. The van der Waals surface area contributed by atoms with Gasteiger partial charge in [-0.05, 0) is 58.7 Å². The highest BCUT2D eigenvalue weighted by atomic mass is 79.9. The fraction of sp³-hybridized carbons (Fsp3) is 0.625. The number of benzene rings is 1. The van der Waals surface area contributed by atoms with Gasteiger partial charge in [-0.25, -0.2) is 0 Å². The van der Waals surface area contributed by atoms with Gasteiger partial charge in [-0.3, -0.25) is 0 Å². The summed E-state index contributed by atoms with van der Waals surface area (Å²) < 4.78 is 6.40. The maximum absolute atomic E-state index is 5.30. The maximum atomic E-state index is 5.30. The molecule has 3 heteroatoms. The normalized spacial score (nSPS) is 25.9.